The van der Waals surface area contributed by atoms with Gasteiger partial charge in [0.2, 0.25) is 5.91 Å². The van der Waals surface area contributed by atoms with Crippen molar-refractivity contribution in [3.63, 3.8) is 0 Å². The number of hydrogen-bond donors (Lipinski definition) is 1. The number of anilines is 1. The Bertz CT molecular complexity index is 1080. The minimum atomic E-state index is -4.48. The molecule has 176 valence electrons. The lowest BCUT2D eigenvalue weighted by molar-refractivity contribution is -0.137. The molecule has 1 aromatic heterocycles. The maximum Gasteiger partial charge on any atom is 0.416 e. The summed E-state index contributed by atoms with van der Waals surface area (Å²) in [5, 5.41) is 7.19. The van der Waals surface area contributed by atoms with Crippen LogP contribution in [0.2, 0.25) is 0 Å². The van der Waals surface area contributed by atoms with Crippen molar-refractivity contribution in [2.24, 2.45) is 0 Å². The maximum absolute atomic E-state index is 13.2. The molecule has 2 aromatic carbocycles. The average Bonchev–Trinajstić information content (AvgIpc) is 3.17. The van der Waals surface area contributed by atoms with Crippen molar-refractivity contribution in [3.05, 3.63) is 54.1 Å². The van der Waals surface area contributed by atoms with Gasteiger partial charge < -0.3 is 10.1 Å². The molecule has 3 rings (SSSR count). The lowest BCUT2D eigenvalue weighted by Crippen LogP contribution is -2.11. The van der Waals surface area contributed by atoms with Gasteiger partial charge in [0, 0.05) is 17.7 Å². The fraction of sp³-hybridized carbons (Fsp3) is 0.375. The first-order valence-corrected chi connectivity index (χ1v) is 10.9. The molecule has 1 amide bonds. The molecular weight excluding hydrogens is 433 g/mol. The highest BCUT2D eigenvalue weighted by Gasteiger charge is 2.31. The summed E-state index contributed by atoms with van der Waals surface area (Å²) in [6.45, 7) is 5.69. The van der Waals surface area contributed by atoms with Gasteiger partial charge in [0.1, 0.15) is 0 Å². The van der Waals surface area contributed by atoms with Gasteiger partial charge >= 0.3 is 12.2 Å². The summed E-state index contributed by atoms with van der Waals surface area (Å²) in [7, 11) is 0. The molecule has 0 radical (unpaired) electrons. The first-order chi connectivity index (χ1) is 15.7. The Morgan fingerprint density at radius 1 is 1.12 bits per heavy atom. The van der Waals surface area contributed by atoms with E-state index in [9.17, 15) is 18.0 Å². The van der Waals surface area contributed by atoms with Crippen LogP contribution in [0.25, 0.3) is 17.1 Å². The molecule has 9 heteroatoms. The summed E-state index contributed by atoms with van der Waals surface area (Å²) in [5.74, 6) is 0.155. The first kappa shape index (κ1) is 24.3. The van der Waals surface area contributed by atoms with Gasteiger partial charge in [0.15, 0.2) is 5.82 Å². The summed E-state index contributed by atoms with van der Waals surface area (Å²) in [6, 6.07) is 11.8. The average molecular weight is 461 g/mol. The van der Waals surface area contributed by atoms with Crippen LogP contribution in [0, 0.1) is 0 Å². The van der Waals surface area contributed by atoms with Gasteiger partial charge in [-0.3, -0.25) is 4.79 Å². The highest BCUT2D eigenvalue weighted by atomic mass is 19.4. The number of halogens is 3. The van der Waals surface area contributed by atoms with E-state index in [0.717, 1.165) is 31.4 Å². The topological polar surface area (TPSA) is 69.0 Å². The number of amides is 1. The second kappa shape index (κ2) is 10.5. The van der Waals surface area contributed by atoms with E-state index in [2.05, 4.69) is 22.3 Å². The third kappa shape index (κ3) is 6.57. The number of alkyl halides is 3. The van der Waals surface area contributed by atoms with E-state index < -0.39 is 11.7 Å². The van der Waals surface area contributed by atoms with Crippen LogP contribution in [-0.4, -0.2) is 26.8 Å². The van der Waals surface area contributed by atoms with E-state index in [1.807, 2.05) is 13.8 Å². The zero-order valence-electron chi connectivity index (χ0n) is 18.8. The molecule has 0 saturated heterocycles. The zero-order chi connectivity index (χ0) is 24.0. The standard InChI is InChI=1S/C24H27F3N4O2/c1-4-5-6-10-21(32)28-19-11-13-20(14-12-19)31-22(29-23(30-31)33-16(2)3)17-8-7-9-18(15-17)24(25,26)27/h7-9,11-16H,4-6,10H2,1-3H3,(H,28,32). The van der Waals surface area contributed by atoms with Gasteiger partial charge in [0.25, 0.3) is 0 Å². The molecule has 0 spiro atoms. The van der Waals surface area contributed by atoms with Gasteiger partial charge in [0.05, 0.1) is 17.4 Å². The van der Waals surface area contributed by atoms with Crippen LogP contribution >= 0.6 is 0 Å². The predicted octanol–water partition coefficient (Wildman–Crippen LogP) is 6.26. The zero-order valence-corrected chi connectivity index (χ0v) is 18.8. The number of ether oxygens (including phenoxy) is 1. The summed E-state index contributed by atoms with van der Waals surface area (Å²) < 4.78 is 46.7. The summed E-state index contributed by atoms with van der Waals surface area (Å²) in [5.41, 5.74) is 0.670. The molecule has 0 atom stereocenters. The summed E-state index contributed by atoms with van der Waals surface area (Å²) in [4.78, 5) is 16.4. The fourth-order valence-corrected chi connectivity index (χ4v) is 3.20. The van der Waals surface area contributed by atoms with E-state index in [4.69, 9.17) is 4.74 Å². The van der Waals surface area contributed by atoms with Crippen molar-refractivity contribution in [3.8, 4) is 23.1 Å². The highest BCUT2D eigenvalue weighted by Crippen LogP contribution is 2.33. The number of aromatic nitrogens is 3. The number of nitrogens with one attached hydrogen (secondary N) is 1. The van der Waals surface area contributed by atoms with Crippen LogP contribution in [0.1, 0.15) is 52.0 Å². The lowest BCUT2D eigenvalue weighted by Gasteiger charge is -2.10. The Kier molecular flexibility index (Phi) is 7.73. The molecule has 0 bridgehead atoms. The van der Waals surface area contributed by atoms with E-state index in [1.165, 1.54) is 10.7 Å². The summed E-state index contributed by atoms with van der Waals surface area (Å²) >= 11 is 0. The van der Waals surface area contributed by atoms with Crippen LogP contribution in [0.4, 0.5) is 18.9 Å². The highest BCUT2D eigenvalue weighted by molar-refractivity contribution is 5.90. The van der Waals surface area contributed by atoms with E-state index in [0.29, 0.717) is 17.8 Å². The molecular formula is C24H27F3N4O2. The van der Waals surface area contributed by atoms with Crippen molar-refractivity contribution >= 4 is 11.6 Å². The molecule has 0 aliphatic heterocycles. The molecule has 0 aliphatic carbocycles. The monoisotopic (exact) mass is 460 g/mol. The van der Waals surface area contributed by atoms with Crippen LogP contribution in [0.5, 0.6) is 6.01 Å². The lowest BCUT2D eigenvalue weighted by atomic mass is 10.1. The van der Waals surface area contributed by atoms with Crippen LogP contribution in [0.3, 0.4) is 0 Å². The van der Waals surface area contributed by atoms with Crippen LogP contribution < -0.4 is 10.1 Å². The number of benzene rings is 2. The second-order valence-corrected chi connectivity index (χ2v) is 7.93. The molecule has 0 saturated carbocycles. The third-order valence-corrected chi connectivity index (χ3v) is 4.78. The minimum Gasteiger partial charge on any atom is -0.460 e. The SMILES string of the molecule is CCCCCC(=O)Nc1ccc(-n2nc(OC(C)C)nc2-c2cccc(C(F)(F)F)c2)cc1. The number of unbranched alkanes of at least 4 members (excludes halogenated alkanes) is 2. The Morgan fingerprint density at radius 3 is 2.48 bits per heavy atom. The van der Waals surface area contributed by atoms with Crippen molar-refractivity contribution in [2.75, 3.05) is 5.32 Å². The third-order valence-electron chi connectivity index (χ3n) is 4.78. The maximum atomic E-state index is 13.2. The molecule has 33 heavy (non-hydrogen) atoms. The predicted molar refractivity (Wildman–Crippen MR) is 120 cm³/mol. The van der Waals surface area contributed by atoms with E-state index in [1.54, 1.807) is 30.3 Å². The van der Waals surface area contributed by atoms with Crippen molar-refractivity contribution in [2.45, 2.75) is 58.7 Å². The normalized spacial score (nSPS) is 11.6. The van der Waals surface area contributed by atoms with Gasteiger partial charge in [-0.05, 0) is 56.7 Å². The van der Waals surface area contributed by atoms with Crippen molar-refractivity contribution < 1.29 is 22.7 Å². The smallest absolute Gasteiger partial charge is 0.416 e. The minimum absolute atomic E-state index is 0.0608. The van der Waals surface area contributed by atoms with Crippen molar-refractivity contribution in [1.82, 2.24) is 14.8 Å². The second-order valence-electron chi connectivity index (χ2n) is 7.93. The number of hydrogen-bond acceptors (Lipinski definition) is 4. The Morgan fingerprint density at radius 2 is 1.85 bits per heavy atom. The summed E-state index contributed by atoms with van der Waals surface area (Å²) in [6.07, 6.45) is -1.36. The Labute approximate surface area is 190 Å². The Balaban J connectivity index is 1.91. The van der Waals surface area contributed by atoms with Gasteiger partial charge in [-0.25, -0.2) is 4.68 Å². The molecule has 1 N–H and O–H groups in total. The van der Waals surface area contributed by atoms with Gasteiger partial charge in [-0.2, -0.15) is 18.2 Å². The number of rotatable bonds is 9. The van der Waals surface area contributed by atoms with Crippen molar-refractivity contribution in [1.29, 1.82) is 0 Å². The van der Waals surface area contributed by atoms with E-state index >= 15 is 0 Å². The first-order valence-electron chi connectivity index (χ1n) is 10.9. The molecule has 0 fully saturated rings. The van der Waals surface area contributed by atoms with Gasteiger partial charge in [-0.15, -0.1) is 5.10 Å². The molecule has 1 heterocycles. The molecule has 0 aliphatic rings. The Hall–Kier alpha value is -3.36. The fourth-order valence-electron chi connectivity index (χ4n) is 3.20. The molecule has 3 aromatic rings. The number of nitrogens with zero attached hydrogens (tertiary/aromatic N) is 3. The largest absolute Gasteiger partial charge is 0.460 e. The molecule has 6 nitrogen and oxygen atoms in total. The quantitative estimate of drug-likeness (QED) is 0.383. The van der Waals surface area contributed by atoms with E-state index in [-0.39, 0.29) is 29.4 Å². The van der Waals surface area contributed by atoms with Gasteiger partial charge in [-0.1, -0.05) is 31.9 Å². The number of carbonyl (C=O) groups is 1. The molecule has 0 unspecified atom stereocenters. The van der Waals surface area contributed by atoms with Crippen LogP contribution in [0.15, 0.2) is 48.5 Å². The van der Waals surface area contributed by atoms with Crippen LogP contribution in [-0.2, 0) is 11.0 Å². The number of carbonyl (C=O) groups excluding carboxylic acids is 1.